The molecule has 0 unspecified atom stereocenters. The first-order valence-corrected chi connectivity index (χ1v) is 8.23. The predicted molar refractivity (Wildman–Crippen MR) is 93.9 cm³/mol. The number of nitrogens with one attached hydrogen (secondary N) is 2. The number of aromatic nitrogens is 3. The SMILES string of the molecule is N#Cc1ccccc1Nc1cnnc(NCCC2=CCCCC2)n1. The highest BCUT2D eigenvalue weighted by Gasteiger charge is 2.06. The Morgan fingerprint density at radius 3 is 2.96 bits per heavy atom. The Morgan fingerprint density at radius 1 is 1.21 bits per heavy atom. The van der Waals surface area contributed by atoms with E-state index < -0.39 is 0 Å². The molecular weight excluding hydrogens is 300 g/mol. The van der Waals surface area contributed by atoms with E-state index in [2.05, 4.69) is 38.0 Å². The van der Waals surface area contributed by atoms with Gasteiger partial charge in [0.2, 0.25) is 5.95 Å². The van der Waals surface area contributed by atoms with Gasteiger partial charge in [-0.3, -0.25) is 0 Å². The first-order chi connectivity index (χ1) is 11.8. The van der Waals surface area contributed by atoms with Crippen molar-refractivity contribution in [1.29, 1.82) is 5.26 Å². The molecule has 6 nitrogen and oxygen atoms in total. The van der Waals surface area contributed by atoms with Gasteiger partial charge in [0.15, 0.2) is 5.82 Å². The molecule has 2 aromatic rings. The van der Waals surface area contributed by atoms with Crippen LogP contribution < -0.4 is 10.6 Å². The van der Waals surface area contributed by atoms with E-state index in [1.165, 1.54) is 31.3 Å². The van der Waals surface area contributed by atoms with E-state index in [1.54, 1.807) is 12.3 Å². The largest absolute Gasteiger partial charge is 0.353 e. The molecule has 0 radical (unpaired) electrons. The zero-order chi connectivity index (χ0) is 16.6. The fourth-order valence-corrected chi connectivity index (χ4v) is 2.73. The molecule has 0 saturated heterocycles. The van der Waals surface area contributed by atoms with Crippen LogP contribution in [0.1, 0.15) is 37.7 Å². The van der Waals surface area contributed by atoms with Crippen LogP contribution in [-0.4, -0.2) is 21.7 Å². The number of nitrogens with zero attached hydrogens (tertiary/aromatic N) is 4. The molecule has 0 fully saturated rings. The Hall–Kier alpha value is -2.94. The number of rotatable bonds is 6. The summed E-state index contributed by atoms with van der Waals surface area (Å²) < 4.78 is 0. The van der Waals surface area contributed by atoms with E-state index in [0.29, 0.717) is 23.0 Å². The van der Waals surface area contributed by atoms with E-state index in [9.17, 15) is 0 Å². The van der Waals surface area contributed by atoms with Gasteiger partial charge in [-0.1, -0.05) is 23.8 Å². The molecule has 2 N–H and O–H groups in total. The summed E-state index contributed by atoms with van der Waals surface area (Å²) in [6.07, 6.45) is 9.91. The fraction of sp³-hybridized carbons (Fsp3) is 0.333. The second-order valence-corrected chi connectivity index (χ2v) is 5.73. The van der Waals surface area contributed by atoms with Crippen molar-refractivity contribution in [2.24, 2.45) is 0 Å². The van der Waals surface area contributed by atoms with Crippen molar-refractivity contribution in [2.45, 2.75) is 32.1 Å². The first kappa shape index (κ1) is 15.9. The maximum Gasteiger partial charge on any atom is 0.244 e. The van der Waals surface area contributed by atoms with Crippen LogP contribution in [0, 0.1) is 11.3 Å². The Morgan fingerprint density at radius 2 is 2.12 bits per heavy atom. The molecule has 24 heavy (non-hydrogen) atoms. The van der Waals surface area contributed by atoms with Crippen LogP contribution in [0.4, 0.5) is 17.5 Å². The molecule has 3 rings (SSSR count). The molecule has 1 heterocycles. The van der Waals surface area contributed by atoms with E-state index in [1.807, 2.05) is 18.2 Å². The van der Waals surface area contributed by atoms with E-state index >= 15 is 0 Å². The van der Waals surface area contributed by atoms with E-state index in [4.69, 9.17) is 5.26 Å². The maximum absolute atomic E-state index is 9.13. The average Bonchev–Trinajstić information content (AvgIpc) is 2.63. The summed E-state index contributed by atoms with van der Waals surface area (Å²) in [5.74, 6) is 1.05. The average molecular weight is 320 g/mol. The third-order valence-electron chi connectivity index (χ3n) is 3.98. The quantitative estimate of drug-likeness (QED) is 0.788. The lowest BCUT2D eigenvalue weighted by molar-refractivity contribution is 0.679. The summed E-state index contributed by atoms with van der Waals surface area (Å²) in [5, 5.41) is 23.4. The number of benzene rings is 1. The van der Waals surface area contributed by atoms with Crippen LogP contribution in [0.2, 0.25) is 0 Å². The normalized spacial score (nSPS) is 13.7. The smallest absolute Gasteiger partial charge is 0.244 e. The summed E-state index contributed by atoms with van der Waals surface area (Å²) in [6, 6.07) is 9.45. The lowest BCUT2D eigenvalue weighted by atomic mass is 9.97. The molecule has 0 amide bonds. The summed E-state index contributed by atoms with van der Waals surface area (Å²) in [7, 11) is 0. The van der Waals surface area contributed by atoms with E-state index in [-0.39, 0.29) is 0 Å². The molecule has 1 aliphatic carbocycles. The summed E-state index contributed by atoms with van der Waals surface area (Å²) in [6.45, 7) is 0.797. The Balaban J connectivity index is 1.59. The molecule has 0 saturated carbocycles. The van der Waals surface area contributed by atoms with Crippen LogP contribution in [-0.2, 0) is 0 Å². The molecule has 1 aromatic heterocycles. The van der Waals surface area contributed by atoms with Gasteiger partial charge in [-0.2, -0.15) is 15.3 Å². The van der Waals surface area contributed by atoms with E-state index in [0.717, 1.165) is 13.0 Å². The summed E-state index contributed by atoms with van der Waals surface area (Å²) in [5.41, 5.74) is 2.78. The highest BCUT2D eigenvalue weighted by atomic mass is 15.3. The zero-order valence-corrected chi connectivity index (χ0v) is 13.5. The highest BCUT2D eigenvalue weighted by molar-refractivity contribution is 5.64. The van der Waals surface area contributed by atoms with Crippen LogP contribution in [0.25, 0.3) is 0 Å². The topological polar surface area (TPSA) is 86.5 Å². The number of anilines is 3. The Bertz CT molecular complexity index is 762. The highest BCUT2D eigenvalue weighted by Crippen LogP contribution is 2.20. The van der Waals surface area contributed by atoms with Crippen molar-refractivity contribution in [1.82, 2.24) is 15.2 Å². The lowest BCUT2D eigenvalue weighted by Crippen LogP contribution is -2.09. The molecule has 1 aliphatic rings. The predicted octanol–water partition coefficient (Wildman–Crippen LogP) is 3.79. The van der Waals surface area contributed by atoms with Crippen molar-refractivity contribution < 1.29 is 0 Å². The van der Waals surface area contributed by atoms with Gasteiger partial charge in [-0.25, -0.2) is 0 Å². The van der Waals surface area contributed by atoms with Crippen molar-refractivity contribution in [2.75, 3.05) is 17.2 Å². The van der Waals surface area contributed by atoms with Crippen LogP contribution >= 0.6 is 0 Å². The van der Waals surface area contributed by atoms with Gasteiger partial charge in [0.25, 0.3) is 0 Å². The fourth-order valence-electron chi connectivity index (χ4n) is 2.73. The molecule has 0 bridgehead atoms. The third kappa shape index (κ3) is 4.29. The van der Waals surface area contributed by atoms with Crippen molar-refractivity contribution in [3.63, 3.8) is 0 Å². The minimum Gasteiger partial charge on any atom is -0.353 e. The molecule has 0 atom stereocenters. The Kier molecular flexibility index (Phi) is 5.36. The second kappa shape index (κ2) is 8.06. The van der Waals surface area contributed by atoms with Gasteiger partial charge < -0.3 is 10.6 Å². The van der Waals surface area contributed by atoms with Crippen LogP contribution in [0.5, 0.6) is 0 Å². The number of nitriles is 1. The van der Waals surface area contributed by atoms with Crippen molar-refractivity contribution in [3.8, 4) is 6.07 Å². The summed E-state index contributed by atoms with van der Waals surface area (Å²) in [4.78, 5) is 4.40. The number of hydrogen-bond donors (Lipinski definition) is 2. The van der Waals surface area contributed by atoms with Gasteiger partial charge in [-0.15, -0.1) is 5.10 Å². The number of para-hydroxylation sites is 1. The van der Waals surface area contributed by atoms with Crippen LogP contribution in [0.3, 0.4) is 0 Å². The number of allylic oxidation sites excluding steroid dienone is 1. The second-order valence-electron chi connectivity index (χ2n) is 5.73. The lowest BCUT2D eigenvalue weighted by Gasteiger charge is -2.13. The maximum atomic E-state index is 9.13. The molecule has 0 aliphatic heterocycles. The van der Waals surface area contributed by atoms with Gasteiger partial charge in [0, 0.05) is 6.54 Å². The standard InChI is InChI=1S/C18H20N6/c19-12-15-8-4-5-9-16(15)22-17-13-21-24-18(23-17)20-11-10-14-6-2-1-3-7-14/h4-6,8-9,13H,1-3,7,10-11H2,(H2,20,22,23,24). The molecule has 122 valence electrons. The van der Waals surface area contributed by atoms with Crippen LogP contribution in [0.15, 0.2) is 42.1 Å². The van der Waals surface area contributed by atoms with Gasteiger partial charge >= 0.3 is 0 Å². The Labute approximate surface area is 141 Å². The molecule has 6 heteroatoms. The van der Waals surface area contributed by atoms with Crippen molar-refractivity contribution in [3.05, 3.63) is 47.7 Å². The zero-order valence-electron chi connectivity index (χ0n) is 13.5. The molecular formula is C18H20N6. The van der Waals surface area contributed by atoms with Gasteiger partial charge in [0.05, 0.1) is 17.4 Å². The molecule has 0 spiro atoms. The minimum absolute atomic E-state index is 0.492. The summed E-state index contributed by atoms with van der Waals surface area (Å²) >= 11 is 0. The number of hydrogen-bond acceptors (Lipinski definition) is 6. The molecule has 1 aromatic carbocycles. The monoisotopic (exact) mass is 320 g/mol. The third-order valence-corrected chi connectivity index (χ3v) is 3.98. The van der Waals surface area contributed by atoms with Gasteiger partial charge in [-0.05, 0) is 44.2 Å². The minimum atomic E-state index is 0.492. The van der Waals surface area contributed by atoms with Crippen molar-refractivity contribution >= 4 is 17.5 Å². The van der Waals surface area contributed by atoms with Gasteiger partial charge in [0.1, 0.15) is 6.07 Å². The first-order valence-electron chi connectivity index (χ1n) is 8.23.